The van der Waals surface area contributed by atoms with E-state index < -0.39 is 0 Å². The highest BCUT2D eigenvalue weighted by atomic mass is 16.2. The van der Waals surface area contributed by atoms with Crippen molar-refractivity contribution >= 4 is 11.7 Å². The van der Waals surface area contributed by atoms with Crippen LogP contribution < -0.4 is 4.90 Å². The number of aromatic nitrogens is 2. The van der Waals surface area contributed by atoms with Gasteiger partial charge in [0.05, 0.1) is 5.92 Å². The summed E-state index contributed by atoms with van der Waals surface area (Å²) in [5.41, 5.74) is 0.975. The van der Waals surface area contributed by atoms with Crippen LogP contribution in [0.15, 0.2) is 12.4 Å². The van der Waals surface area contributed by atoms with Gasteiger partial charge in [0, 0.05) is 37.9 Å². The van der Waals surface area contributed by atoms with Gasteiger partial charge in [0.25, 0.3) is 0 Å². The number of likely N-dealkylation sites (tertiary alicyclic amines) is 1. The molecule has 1 aromatic rings. The standard InChI is InChI=1S/C15H22N4O/c1-12-9-14(17-11-16-12)19-8-4-5-13(10-19)15(20)18-6-2-3-7-18/h9,11,13H,2-8,10H2,1H3. The van der Waals surface area contributed by atoms with Crippen LogP contribution in [0.1, 0.15) is 31.4 Å². The molecular weight excluding hydrogens is 252 g/mol. The fourth-order valence-corrected chi connectivity index (χ4v) is 3.20. The molecule has 0 aliphatic carbocycles. The lowest BCUT2D eigenvalue weighted by molar-refractivity contribution is -0.134. The van der Waals surface area contributed by atoms with Crippen molar-refractivity contribution in [2.24, 2.45) is 5.92 Å². The molecule has 0 aromatic carbocycles. The van der Waals surface area contributed by atoms with Crippen LogP contribution in [0.25, 0.3) is 0 Å². The van der Waals surface area contributed by atoms with E-state index in [2.05, 4.69) is 14.9 Å². The Morgan fingerprint density at radius 2 is 2.00 bits per heavy atom. The number of hydrogen-bond acceptors (Lipinski definition) is 4. The number of carbonyl (C=O) groups excluding carboxylic acids is 1. The van der Waals surface area contributed by atoms with Crippen molar-refractivity contribution in [2.45, 2.75) is 32.6 Å². The lowest BCUT2D eigenvalue weighted by Gasteiger charge is -2.34. The van der Waals surface area contributed by atoms with Crippen LogP contribution in [0, 0.1) is 12.8 Å². The van der Waals surface area contributed by atoms with E-state index in [0.29, 0.717) is 5.91 Å². The molecule has 1 amide bonds. The molecule has 3 rings (SSSR count). The monoisotopic (exact) mass is 274 g/mol. The second-order valence-electron chi connectivity index (χ2n) is 5.84. The molecule has 2 fully saturated rings. The Labute approximate surface area is 120 Å². The first-order valence-electron chi connectivity index (χ1n) is 7.56. The predicted octanol–water partition coefficient (Wildman–Crippen LogP) is 1.62. The lowest BCUT2D eigenvalue weighted by atomic mass is 9.96. The van der Waals surface area contributed by atoms with Gasteiger partial charge in [-0.3, -0.25) is 4.79 Å². The molecule has 0 N–H and O–H groups in total. The van der Waals surface area contributed by atoms with Gasteiger partial charge in [-0.2, -0.15) is 0 Å². The summed E-state index contributed by atoms with van der Waals surface area (Å²) in [6.07, 6.45) is 6.00. The van der Waals surface area contributed by atoms with E-state index in [4.69, 9.17) is 0 Å². The molecule has 2 aliphatic heterocycles. The van der Waals surface area contributed by atoms with Crippen molar-refractivity contribution in [3.63, 3.8) is 0 Å². The Morgan fingerprint density at radius 1 is 1.20 bits per heavy atom. The summed E-state index contributed by atoms with van der Waals surface area (Å²) in [6.45, 7) is 5.65. The smallest absolute Gasteiger partial charge is 0.227 e. The average molecular weight is 274 g/mol. The lowest BCUT2D eigenvalue weighted by Crippen LogP contribution is -2.44. The molecule has 108 valence electrons. The van der Waals surface area contributed by atoms with E-state index in [0.717, 1.165) is 63.4 Å². The second kappa shape index (κ2) is 5.77. The normalized spacial score (nSPS) is 23.1. The van der Waals surface area contributed by atoms with Gasteiger partial charge in [-0.05, 0) is 32.6 Å². The zero-order chi connectivity index (χ0) is 13.9. The van der Waals surface area contributed by atoms with Crippen LogP contribution in [-0.4, -0.2) is 47.0 Å². The molecular formula is C15H22N4O. The fourth-order valence-electron chi connectivity index (χ4n) is 3.20. The van der Waals surface area contributed by atoms with Gasteiger partial charge >= 0.3 is 0 Å². The number of aryl methyl sites for hydroxylation is 1. The quantitative estimate of drug-likeness (QED) is 0.822. The molecule has 0 bridgehead atoms. The van der Waals surface area contributed by atoms with Crippen LogP contribution in [0.2, 0.25) is 0 Å². The molecule has 2 saturated heterocycles. The number of nitrogens with zero attached hydrogens (tertiary/aromatic N) is 4. The Kier molecular flexibility index (Phi) is 3.85. The fraction of sp³-hybridized carbons (Fsp3) is 0.667. The highest BCUT2D eigenvalue weighted by Crippen LogP contribution is 2.24. The summed E-state index contributed by atoms with van der Waals surface area (Å²) in [6, 6.07) is 2.00. The number of amides is 1. The van der Waals surface area contributed by atoms with Crippen LogP contribution >= 0.6 is 0 Å². The SMILES string of the molecule is Cc1cc(N2CCCC(C(=O)N3CCCC3)C2)ncn1. The summed E-state index contributed by atoms with van der Waals surface area (Å²) in [5.74, 6) is 1.44. The summed E-state index contributed by atoms with van der Waals surface area (Å²) in [4.78, 5) is 25.3. The minimum absolute atomic E-state index is 0.136. The van der Waals surface area contributed by atoms with Crippen LogP contribution in [-0.2, 0) is 4.79 Å². The second-order valence-corrected chi connectivity index (χ2v) is 5.84. The third-order valence-corrected chi connectivity index (χ3v) is 4.30. The van der Waals surface area contributed by atoms with Crippen molar-refractivity contribution in [3.05, 3.63) is 18.1 Å². The molecule has 1 unspecified atom stereocenters. The van der Waals surface area contributed by atoms with E-state index in [1.165, 1.54) is 0 Å². The molecule has 0 radical (unpaired) electrons. The van der Waals surface area contributed by atoms with Gasteiger partial charge in [-0.1, -0.05) is 0 Å². The van der Waals surface area contributed by atoms with Gasteiger partial charge in [-0.25, -0.2) is 9.97 Å². The number of hydrogen-bond donors (Lipinski definition) is 0. The largest absolute Gasteiger partial charge is 0.356 e. The van der Waals surface area contributed by atoms with Crippen molar-refractivity contribution in [2.75, 3.05) is 31.1 Å². The number of rotatable bonds is 2. The maximum atomic E-state index is 12.5. The maximum Gasteiger partial charge on any atom is 0.227 e. The van der Waals surface area contributed by atoms with Gasteiger partial charge < -0.3 is 9.80 Å². The molecule has 5 heteroatoms. The summed E-state index contributed by atoms with van der Waals surface area (Å²) in [7, 11) is 0. The Morgan fingerprint density at radius 3 is 2.75 bits per heavy atom. The molecule has 5 nitrogen and oxygen atoms in total. The molecule has 20 heavy (non-hydrogen) atoms. The topological polar surface area (TPSA) is 49.3 Å². The number of anilines is 1. The third kappa shape index (κ3) is 2.76. The zero-order valence-corrected chi connectivity index (χ0v) is 12.1. The highest BCUT2D eigenvalue weighted by Gasteiger charge is 2.30. The van der Waals surface area contributed by atoms with Crippen molar-refractivity contribution in [3.8, 4) is 0 Å². The highest BCUT2D eigenvalue weighted by molar-refractivity contribution is 5.80. The van der Waals surface area contributed by atoms with Crippen LogP contribution in [0.4, 0.5) is 5.82 Å². The van der Waals surface area contributed by atoms with Crippen LogP contribution in [0.3, 0.4) is 0 Å². The van der Waals surface area contributed by atoms with Gasteiger partial charge in [0.1, 0.15) is 12.1 Å². The summed E-state index contributed by atoms with van der Waals surface area (Å²) < 4.78 is 0. The van der Waals surface area contributed by atoms with Crippen molar-refractivity contribution < 1.29 is 4.79 Å². The first kappa shape index (κ1) is 13.3. The Bertz CT molecular complexity index is 485. The number of carbonyl (C=O) groups is 1. The van der Waals surface area contributed by atoms with E-state index >= 15 is 0 Å². The Balaban J connectivity index is 1.68. The molecule has 2 aliphatic rings. The molecule has 3 heterocycles. The Hall–Kier alpha value is -1.65. The molecule has 0 spiro atoms. The van der Waals surface area contributed by atoms with Crippen molar-refractivity contribution in [1.29, 1.82) is 0 Å². The van der Waals surface area contributed by atoms with E-state index in [1.54, 1.807) is 6.33 Å². The third-order valence-electron chi connectivity index (χ3n) is 4.30. The van der Waals surface area contributed by atoms with E-state index in [1.807, 2.05) is 17.9 Å². The first-order valence-corrected chi connectivity index (χ1v) is 7.56. The minimum Gasteiger partial charge on any atom is -0.356 e. The van der Waals surface area contributed by atoms with Gasteiger partial charge in [-0.15, -0.1) is 0 Å². The van der Waals surface area contributed by atoms with E-state index in [-0.39, 0.29) is 5.92 Å². The maximum absolute atomic E-state index is 12.5. The van der Waals surface area contributed by atoms with Crippen molar-refractivity contribution in [1.82, 2.24) is 14.9 Å². The zero-order valence-electron chi connectivity index (χ0n) is 12.1. The minimum atomic E-state index is 0.136. The van der Waals surface area contributed by atoms with E-state index in [9.17, 15) is 4.79 Å². The summed E-state index contributed by atoms with van der Waals surface area (Å²) in [5, 5.41) is 0. The average Bonchev–Trinajstić information content (AvgIpc) is 3.01. The molecule has 0 saturated carbocycles. The van der Waals surface area contributed by atoms with Gasteiger partial charge in [0.15, 0.2) is 0 Å². The first-order chi connectivity index (χ1) is 9.74. The van der Waals surface area contributed by atoms with Crippen LogP contribution in [0.5, 0.6) is 0 Å². The molecule has 1 aromatic heterocycles. The van der Waals surface area contributed by atoms with Gasteiger partial charge in [0.2, 0.25) is 5.91 Å². The predicted molar refractivity (Wildman–Crippen MR) is 77.5 cm³/mol. The molecule has 1 atom stereocenters. The summed E-state index contributed by atoms with van der Waals surface area (Å²) >= 11 is 0. The number of piperidine rings is 1.